The molecule has 0 aromatic heterocycles. The molecule has 0 spiro atoms. The van der Waals surface area contributed by atoms with Crippen molar-refractivity contribution in [3.63, 3.8) is 0 Å². The second kappa shape index (κ2) is 8.21. The van der Waals surface area contributed by atoms with Gasteiger partial charge in [0.1, 0.15) is 0 Å². The van der Waals surface area contributed by atoms with Crippen LogP contribution in [0.2, 0.25) is 0 Å². The van der Waals surface area contributed by atoms with E-state index in [2.05, 4.69) is 10.6 Å². The maximum Gasteiger partial charge on any atom is 0.311 e. The Morgan fingerprint density at radius 2 is 2.05 bits per heavy atom. The van der Waals surface area contributed by atoms with Crippen molar-refractivity contribution in [1.82, 2.24) is 10.6 Å². The summed E-state index contributed by atoms with van der Waals surface area (Å²) >= 11 is 0. The zero-order chi connectivity index (χ0) is 15.0. The summed E-state index contributed by atoms with van der Waals surface area (Å²) in [6.07, 6.45) is 2.96. The summed E-state index contributed by atoms with van der Waals surface area (Å²) < 4.78 is 5.64. The van der Waals surface area contributed by atoms with Crippen LogP contribution in [0.15, 0.2) is 0 Å². The molecule has 1 amide bonds. The van der Waals surface area contributed by atoms with Gasteiger partial charge in [0.25, 0.3) is 0 Å². The third-order valence-corrected chi connectivity index (χ3v) is 3.94. The molecule has 1 saturated heterocycles. The van der Waals surface area contributed by atoms with Gasteiger partial charge in [0.05, 0.1) is 18.1 Å². The minimum Gasteiger partial charge on any atom is -0.481 e. The van der Waals surface area contributed by atoms with Crippen molar-refractivity contribution in [2.24, 2.45) is 5.41 Å². The van der Waals surface area contributed by atoms with Crippen molar-refractivity contribution in [2.75, 3.05) is 26.2 Å². The van der Waals surface area contributed by atoms with Crippen LogP contribution in [0.5, 0.6) is 0 Å². The Morgan fingerprint density at radius 1 is 1.40 bits per heavy atom. The summed E-state index contributed by atoms with van der Waals surface area (Å²) in [5.74, 6) is -1.04. The lowest BCUT2D eigenvalue weighted by Gasteiger charge is -2.24. The fourth-order valence-electron chi connectivity index (χ4n) is 2.01. The van der Waals surface area contributed by atoms with E-state index in [0.717, 1.165) is 25.9 Å². The van der Waals surface area contributed by atoms with E-state index in [1.165, 1.54) is 0 Å². The van der Waals surface area contributed by atoms with Crippen LogP contribution in [0.25, 0.3) is 0 Å². The molecule has 1 rings (SSSR count). The van der Waals surface area contributed by atoms with Crippen LogP contribution in [-0.2, 0) is 14.3 Å². The number of carboxylic acid groups (broad SMARTS) is 1. The zero-order valence-electron chi connectivity index (χ0n) is 12.4. The molecule has 1 aliphatic heterocycles. The number of ether oxygens (including phenoxy) is 1. The van der Waals surface area contributed by atoms with Gasteiger partial charge in [0, 0.05) is 13.0 Å². The first-order chi connectivity index (χ1) is 9.48. The zero-order valence-corrected chi connectivity index (χ0v) is 12.4. The monoisotopic (exact) mass is 286 g/mol. The van der Waals surface area contributed by atoms with Crippen LogP contribution in [-0.4, -0.2) is 49.3 Å². The first-order valence-corrected chi connectivity index (χ1v) is 7.30. The van der Waals surface area contributed by atoms with Crippen molar-refractivity contribution in [3.8, 4) is 0 Å². The predicted octanol–water partition coefficient (Wildman–Crippen LogP) is 0.762. The maximum absolute atomic E-state index is 11.7. The average molecular weight is 286 g/mol. The van der Waals surface area contributed by atoms with Gasteiger partial charge >= 0.3 is 5.97 Å². The molecule has 1 fully saturated rings. The molecule has 1 atom stereocenters. The maximum atomic E-state index is 11.7. The van der Waals surface area contributed by atoms with Crippen LogP contribution >= 0.6 is 0 Å². The highest BCUT2D eigenvalue weighted by Crippen LogP contribution is 2.19. The van der Waals surface area contributed by atoms with Crippen LogP contribution in [0.1, 0.15) is 39.5 Å². The van der Waals surface area contributed by atoms with Crippen molar-refractivity contribution in [1.29, 1.82) is 0 Å². The minimum atomic E-state index is -0.897. The molecule has 20 heavy (non-hydrogen) atoms. The number of aliphatic carboxylic acids is 1. The first kappa shape index (κ1) is 16.9. The molecule has 116 valence electrons. The van der Waals surface area contributed by atoms with E-state index >= 15 is 0 Å². The minimum absolute atomic E-state index is 0.153. The Balaban J connectivity index is 2.18. The highest BCUT2D eigenvalue weighted by Gasteiger charge is 2.31. The molecule has 0 aromatic carbocycles. The summed E-state index contributed by atoms with van der Waals surface area (Å²) in [5.41, 5.74) is -0.897. The number of carboxylic acids is 1. The Labute approximate surface area is 120 Å². The standard InChI is InChI=1S/C14H26N2O4/c1-3-14(2,13(18)19)10-16-12(17)6-9-20-11-4-7-15-8-5-11/h11,15H,3-10H2,1-2H3,(H,16,17)(H,18,19). The molecule has 0 aliphatic carbocycles. The highest BCUT2D eigenvalue weighted by molar-refractivity contribution is 5.78. The van der Waals surface area contributed by atoms with Crippen molar-refractivity contribution in [2.45, 2.75) is 45.6 Å². The Morgan fingerprint density at radius 3 is 2.60 bits per heavy atom. The van der Waals surface area contributed by atoms with E-state index in [0.29, 0.717) is 13.0 Å². The molecule has 0 radical (unpaired) electrons. The molecule has 0 saturated carbocycles. The van der Waals surface area contributed by atoms with Gasteiger partial charge in [-0.25, -0.2) is 0 Å². The second-order valence-electron chi connectivity index (χ2n) is 5.57. The fraction of sp³-hybridized carbons (Fsp3) is 0.857. The molecule has 6 nitrogen and oxygen atoms in total. The predicted molar refractivity (Wildman–Crippen MR) is 75.5 cm³/mol. The van der Waals surface area contributed by atoms with Gasteiger partial charge in [-0.1, -0.05) is 6.92 Å². The third kappa shape index (κ3) is 5.46. The summed E-state index contributed by atoms with van der Waals surface area (Å²) in [5, 5.41) is 15.0. The summed E-state index contributed by atoms with van der Waals surface area (Å²) in [4.78, 5) is 22.8. The Hall–Kier alpha value is -1.14. The van der Waals surface area contributed by atoms with E-state index in [9.17, 15) is 9.59 Å². The molecule has 0 bridgehead atoms. The molecule has 0 aromatic rings. The molecular formula is C14H26N2O4. The quantitative estimate of drug-likeness (QED) is 0.613. The second-order valence-corrected chi connectivity index (χ2v) is 5.57. The van der Waals surface area contributed by atoms with E-state index in [1.807, 2.05) is 0 Å². The van der Waals surface area contributed by atoms with Crippen molar-refractivity contribution in [3.05, 3.63) is 0 Å². The number of hydrogen-bond donors (Lipinski definition) is 3. The SMILES string of the molecule is CCC(C)(CNC(=O)CCOC1CCNCC1)C(=O)O. The molecule has 6 heteroatoms. The number of piperidine rings is 1. The fourth-order valence-corrected chi connectivity index (χ4v) is 2.01. The van der Waals surface area contributed by atoms with Gasteiger partial charge in [-0.05, 0) is 39.3 Å². The lowest BCUT2D eigenvalue weighted by atomic mass is 9.88. The van der Waals surface area contributed by atoms with Gasteiger partial charge in [-0.2, -0.15) is 0 Å². The number of amides is 1. The van der Waals surface area contributed by atoms with Gasteiger partial charge in [0.2, 0.25) is 5.91 Å². The van der Waals surface area contributed by atoms with Crippen LogP contribution in [0, 0.1) is 5.41 Å². The number of carbonyl (C=O) groups is 2. The molecular weight excluding hydrogens is 260 g/mol. The topological polar surface area (TPSA) is 87.7 Å². The van der Waals surface area contributed by atoms with Crippen molar-refractivity contribution >= 4 is 11.9 Å². The summed E-state index contributed by atoms with van der Waals surface area (Å²) in [7, 11) is 0. The summed E-state index contributed by atoms with van der Waals surface area (Å²) in [6, 6.07) is 0. The number of nitrogens with one attached hydrogen (secondary N) is 2. The molecule has 1 unspecified atom stereocenters. The largest absolute Gasteiger partial charge is 0.481 e. The van der Waals surface area contributed by atoms with Gasteiger partial charge in [0.15, 0.2) is 0 Å². The number of hydrogen-bond acceptors (Lipinski definition) is 4. The van der Waals surface area contributed by atoms with E-state index < -0.39 is 11.4 Å². The highest BCUT2D eigenvalue weighted by atomic mass is 16.5. The van der Waals surface area contributed by atoms with Crippen molar-refractivity contribution < 1.29 is 19.4 Å². The van der Waals surface area contributed by atoms with E-state index in [1.54, 1.807) is 13.8 Å². The Bertz CT molecular complexity index is 329. The van der Waals surface area contributed by atoms with Gasteiger partial charge in [-0.3, -0.25) is 9.59 Å². The first-order valence-electron chi connectivity index (χ1n) is 7.30. The van der Waals surface area contributed by atoms with Crippen LogP contribution in [0.3, 0.4) is 0 Å². The van der Waals surface area contributed by atoms with Crippen LogP contribution in [0.4, 0.5) is 0 Å². The molecule has 1 heterocycles. The average Bonchev–Trinajstić information content (AvgIpc) is 2.45. The number of carbonyl (C=O) groups excluding carboxylic acids is 1. The number of rotatable bonds is 8. The molecule has 3 N–H and O–H groups in total. The lowest BCUT2D eigenvalue weighted by molar-refractivity contribution is -0.148. The Kier molecular flexibility index (Phi) is 6.95. The van der Waals surface area contributed by atoms with E-state index in [-0.39, 0.29) is 25.0 Å². The van der Waals surface area contributed by atoms with Gasteiger partial charge < -0.3 is 20.5 Å². The molecule has 1 aliphatic rings. The smallest absolute Gasteiger partial charge is 0.311 e. The van der Waals surface area contributed by atoms with Gasteiger partial charge in [-0.15, -0.1) is 0 Å². The third-order valence-electron chi connectivity index (χ3n) is 3.94. The summed E-state index contributed by atoms with van der Waals surface area (Å²) in [6.45, 7) is 5.92. The lowest BCUT2D eigenvalue weighted by Crippen LogP contribution is -2.41. The van der Waals surface area contributed by atoms with Crippen LogP contribution < -0.4 is 10.6 Å². The normalized spacial score (nSPS) is 19.3. The van der Waals surface area contributed by atoms with E-state index in [4.69, 9.17) is 9.84 Å².